The van der Waals surface area contributed by atoms with Gasteiger partial charge in [0.1, 0.15) is 5.15 Å². The molecule has 1 aromatic carbocycles. The summed E-state index contributed by atoms with van der Waals surface area (Å²) >= 11 is 6.45. The number of rotatable bonds is 4. The maximum Gasteiger partial charge on any atom is 0.131 e. The molecule has 0 N–H and O–H groups in total. The Bertz CT molecular complexity index is 751. The van der Waals surface area contributed by atoms with Crippen molar-refractivity contribution in [1.82, 2.24) is 19.6 Å². The van der Waals surface area contributed by atoms with Crippen molar-refractivity contribution in [2.45, 2.75) is 32.4 Å². The van der Waals surface area contributed by atoms with Crippen molar-refractivity contribution < 1.29 is 0 Å². The molecule has 1 aromatic heterocycles. The third kappa shape index (κ3) is 4.15. The van der Waals surface area contributed by atoms with Crippen LogP contribution >= 0.6 is 11.6 Å². The van der Waals surface area contributed by atoms with E-state index in [-0.39, 0.29) is 0 Å². The standard InChI is InChI=1S/C21H30ClN5/c1-17-20(21(22)24(2)23-17)16-25-10-6-9-19(15-25)27-13-11-26(12-14-27)18-7-4-3-5-8-18/h3-5,7-8,19H,6,9-16H2,1-2H3/t19-/m1/s1. The monoisotopic (exact) mass is 387 g/mol. The Kier molecular flexibility index (Phi) is 5.71. The van der Waals surface area contributed by atoms with Crippen molar-refractivity contribution in [2.75, 3.05) is 44.2 Å². The van der Waals surface area contributed by atoms with Crippen LogP contribution in [0.3, 0.4) is 0 Å². The molecule has 0 spiro atoms. The second kappa shape index (κ2) is 8.21. The third-order valence-electron chi connectivity index (χ3n) is 6.08. The Hall–Kier alpha value is -1.56. The minimum absolute atomic E-state index is 0.660. The highest BCUT2D eigenvalue weighted by Gasteiger charge is 2.29. The summed E-state index contributed by atoms with van der Waals surface area (Å²) in [5.74, 6) is 0. The number of aryl methyl sites for hydroxylation is 2. The normalized spacial score (nSPS) is 22.3. The van der Waals surface area contributed by atoms with Gasteiger partial charge in [0, 0.05) is 63.6 Å². The molecule has 0 aliphatic carbocycles. The van der Waals surface area contributed by atoms with Crippen molar-refractivity contribution in [1.29, 1.82) is 0 Å². The SMILES string of the molecule is Cc1nn(C)c(Cl)c1CN1CCC[C@@H](N2CCN(c3ccccc3)CC2)C1. The third-order valence-corrected chi connectivity index (χ3v) is 6.56. The van der Waals surface area contributed by atoms with Gasteiger partial charge in [-0.3, -0.25) is 14.5 Å². The number of para-hydroxylation sites is 1. The molecule has 5 nitrogen and oxygen atoms in total. The van der Waals surface area contributed by atoms with E-state index in [2.05, 4.69) is 57.1 Å². The molecular weight excluding hydrogens is 358 g/mol. The molecule has 4 rings (SSSR count). The predicted octanol–water partition coefficient (Wildman–Crippen LogP) is 3.17. The van der Waals surface area contributed by atoms with Crippen molar-refractivity contribution in [3.05, 3.63) is 46.7 Å². The van der Waals surface area contributed by atoms with Crippen LogP contribution in [-0.4, -0.2) is 64.9 Å². The van der Waals surface area contributed by atoms with Crippen LogP contribution < -0.4 is 4.90 Å². The van der Waals surface area contributed by atoms with Crippen LogP contribution in [0, 0.1) is 6.92 Å². The van der Waals surface area contributed by atoms with Crippen LogP contribution in [-0.2, 0) is 13.6 Å². The molecule has 3 heterocycles. The summed E-state index contributed by atoms with van der Waals surface area (Å²) in [6.07, 6.45) is 2.57. The molecule has 0 bridgehead atoms. The number of piperidine rings is 1. The maximum atomic E-state index is 6.45. The molecule has 2 fully saturated rings. The molecule has 0 radical (unpaired) electrons. The van der Waals surface area contributed by atoms with E-state index >= 15 is 0 Å². The van der Waals surface area contributed by atoms with Gasteiger partial charge in [-0.05, 0) is 38.4 Å². The minimum Gasteiger partial charge on any atom is -0.369 e. The van der Waals surface area contributed by atoms with E-state index in [9.17, 15) is 0 Å². The Morgan fingerprint density at radius 1 is 1.07 bits per heavy atom. The van der Waals surface area contributed by atoms with Crippen molar-refractivity contribution in [2.24, 2.45) is 7.05 Å². The van der Waals surface area contributed by atoms with Gasteiger partial charge in [-0.1, -0.05) is 29.8 Å². The first-order valence-electron chi connectivity index (χ1n) is 10.1. The van der Waals surface area contributed by atoms with Gasteiger partial charge in [0.15, 0.2) is 0 Å². The van der Waals surface area contributed by atoms with E-state index < -0.39 is 0 Å². The average molecular weight is 388 g/mol. The van der Waals surface area contributed by atoms with Gasteiger partial charge in [-0.15, -0.1) is 0 Å². The number of halogens is 1. The first-order valence-corrected chi connectivity index (χ1v) is 10.4. The summed E-state index contributed by atoms with van der Waals surface area (Å²) < 4.78 is 1.79. The number of likely N-dealkylation sites (tertiary alicyclic amines) is 1. The lowest BCUT2D eigenvalue weighted by molar-refractivity contribution is 0.0887. The molecule has 1 atom stereocenters. The van der Waals surface area contributed by atoms with Crippen molar-refractivity contribution in [3.63, 3.8) is 0 Å². The predicted molar refractivity (Wildman–Crippen MR) is 111 cm³/mol. The van der Waals surface area contributed by atoms with Gasteiger partial charge in [0.25, 0.3) is 0 Å². The fourth-order valence-electron chi connectivity index (χ4n) is 4.53. The van der Waals surface area contributed by atoms with E-state index in [4.69, 9.17) is 11.6 Å². The number of hydrogen-bond acceptors (Lipinski definition) is 4. The number of hydrogen-bond donors (Lipinski definition) is 0. The number of aromatic nitrogens is 2. The Morgan fingerprint density at radius 2 is 1.81 bits per heavy atom. The average Bonchev–Trinajstić information content (AvgIpc) is 2.95. The maximum absolute atomic E-state index is 6.45. The second-order valence-corrected chi connectivity index (χ2v) is 8.23. The summed E-state index contributed by atoms with van der Waals surface area (Å²) in [5.41, 5.74) is 3.60. The van der Waals surface area contributed by atoms with E-state index in [0.29, 0.717) is 6.04 Å². The highest BCUT2D eigenvalue weighted by atomic mass is 35.5. The molecule has 2 saturated heterocycles. The van der Waals surface area contributed by atoms with Gasteiger partial charge < -0.3 is 4.90 Å². The molecular formula is C21H30ClN5. The zero-order chi connectivity index (χ0) is 18.8. The molecule has 6 heteroatoms. The number of piperazine rings is 1. The zero-order valence-corrected chi connectivity index (χ0v) is 17.2. The topological polar surface area (TPSA) is 27.5 Å². The molecule has 2 aromatic rings. The largest absolute Gasteiger partial charge is 0.369 e. The fraction of sp³-hybridized carbons (Fsp3) is 0.571. The van der Waals surface area contributed by atoms with Gasteiger partial charge in [0.05, 0.1) is 5.69 Å². The fourth-order valence-corrected chi connectivity index (χ4v) is 4.77. The smallest absolute Gasteiger partial charge is 0.131 e. The number of nitrogens with zero attached hydrogens (tertiary/aromatic N) is 5. The highest BCUT2D eigenvalue weighted by molar-refractivity contribution is 6.30. The minimum atomic E-state index is 0.660. The molecule has 0 saturated carbocycles. The summed E-state index contributed by atoms with van der Waals surface area (Å²) in [7, 11) is 1.92. The van der Waals surface area contributed by atoms with Gasteiger partial charge in [-0.2, -0.15) is 5.10 Å². The van der Waals surface area contributed by atoms with Crippen LogP contribution in [0.4, 0.5) is 5.69 Å². The highest BCUT2D eigenvalue weighted by Crippen LogP contribution is 2.25. The summed E-state index contributed by atoms with van der Waals surface area (Å²) in [6, 6.07) is 11.5. The van der Waals surface area contributed by atoms with E-state index in [1.807, 2.05) is 7.05 Å². The number of benzene rings is 1. The van der Waals surface area contributed by atoms with Crippen LogP contribution in [0.25, 0.3) is 0 Å². The molecule has 0 amide bonds. The molecule has 2 aliphatic heterocycles. The summed E-state index contributed by atoms with van der Waals surface area (Å²) in [4.78, 5) is 7.77. The van der Waals surface area contributed by atoms with Gasteiger partial charge in [-0.25, -0.2) is 0 Å². The van der Waals surface area contributed by atoms with E-state index in [1.54, 1.807) is 4.68 Å². The summed E-state index contributed by atoms with van der Waals surface area (Å²) in [5, 5.41) is 5.25. The van der Waals surface area contributed by atoms with Crippen LogP contribution in [0.15, 0.2) is 30.3 Å². The zero-order valence-electron chi connectivity index (χ0n) is 16.4. The molecule has 0 unspecified atom stereocenters. The Balaban J connectivity index is 1.34. The Morgan fingerprint density at radius 3 is 2.48 bits per heavy atom. The van der Waals surface area contributed by atoms with Crippen LogP contribution in [0.2, 0.25) is 5.15 Å². The number of anilines is 1. The molecule has 146 valence electrons. The lowest BCUT2D eigenvalue weighted by Crippen LogP contribution is -2.55. The lowest BCUT2D eigenvalue weighted by atomic mass is 10.0. The van der Waals surface area contributed by atoms with Crippen molar-refractivity contribution >= 4 is 17.3 Å². The molecule has 27 heavy (non-hydrogen) atoms. The quantitative estimate of drug-likeness (QED) is 0.805. The van der Waals surface area contributed by atoms with Gasteiger partial charge >= 0.3 is 0 Å². The van der Waals surface area contributed by atoms with Gasteiger partial charge in [0.2, 0.25) is 0 Å². The Labute approximate surface area is 167 Å². The van der Waals surface area contributed by atoms with E-state index in [1.165, 1.54) is 24.1 Å². The first-order chi connectivity index (χ1) is 13.1. The first kappa shape index (κ1) is 18.8. The van der Waals surface area contributed by atoms with Crippen LogP contribution in [0.5, 0.6) is 0 Å². The second-order valence-electron chi connectivity index (χ2n) is 7.87. The molecule has 2 aliphatic rings. The summed E-state index contributed by atoms with van der Waals surface area (Å²) in [6.45, 7) is 9.81. The van der Waals surface area contributed by atoms with Crippen molar-refractivity contribution in [3.8, 4) is 0 Å². The lowest BCUT2D eigenvalue weighted by Gasteiger charge is -2.44. The van der Waals surface area contributed by atoms with Crippen LogP contribution in [0.1, 0.15) is 24.1 Å². The van der Waals surface area contributed by atoms with E-state index in [0.717, 1.165) is 56.7 Å².